The molecular weight excluding hydrogens is 236 g/mol. The molecule has 4 unspecified atom stereocenters. The number of methoxy groups -OCH3 is 1. The minimum Gasteiger partial charge on any atom is -0.381 e. The summed E-state index contributed by atoms with van der Waals surface area (Å²) in [6.45, 7) is 2.20. The van der Waals surface area contributed by atoms with Crippen LogP contribution in [0.25, 0.3) is 0 Å². The maximum Gasteiger partial charge on any atom is 0.133 e. The van der Waals surface area contributed by atoms with Gasteiger partial charge >= 0.3 is 0 Å². The number of rotatable bonds is 7. The lowest BCUT2D eigenvalue weighted by atomic mass is 9.72. The molecule has 0 amide bonds. The molecule has 0 bridgehead atoms. The van der Waals surface area contributed by atoms with Crippen molar-refractivity contribution in [3.63, 3.8) is 0 Å². The number of hydrogen-bond donors (Lipinski definition) is 0. The van der Waals surface area contributed by atoms with E-state index in [1.54, 1.807) is 0 Å². The highest BCUT2D eigenvalue weighted by Crippen LogP contribution is 2.45. The average molecular weight is 266 g/mol. The Kier molecular flexibility index (Phi) is 5.87. The van der Waals surface area contributed by atoms with Gasteiger partial charge in [0.2, 0.25) is 0 Å². The lowest BCUT2D eigenvalue weighted by Crippen LogP contribution is -2.24. The van der Waals surface area contributed by atoms with E-state index in [1.807, 2.05) is 7.11 Å². The van der Waals surface area contributed by atoms with Crippen LogP contribution < -0.4 is 0 Å². The molecule has 2 nitrogen and oxygen atoms in total. The van der Waals surface area contributed by atoms with Crippen molar-refractivity contribution in [3.8, 4) is 0 Å². The molecule has 2 fully saturated rings. The molecule has 2 saturated carbocycles. The van der Waals surface area contributed by atoms with Crippen molar-refractivity contribution in [3.05, 3.63) is 0 Å². The molecule has 0 spiro atoms. The normalized spacial score (nSPS) is 32.3. The Morgan fingerprint density at radius 1 is 1.26 bits per heavy atom. The van der Waals surface area contributed by atoms with Crippen molar-refractivity contribution < 1.29 is 9.53 Å². The van der Waals surface area contributed by atoms with Gasteiger partial charge in [0.05, 0.1) is 6.10 Å². The zero-order valence-corrected chi connectivity index (χ0v) is 12.7. The van der Waals surface area contributed by atoms with Gasteiger partial charge < -0.3 is 4.74 Å². The van der Waals surface area contributed by atoms with E-state index < -0.39 is 0 Å². The quantitative estimate of drug-likeness (QED) is 0.640. The molecule has 0 aliphatic heterocycles. The monoisotopic (exact) mass is 266 g/mol. The summed E-state index contributed by atoms with van der Waals surface area (Å²) >= 11 is 0. The van der Waals surface area contributed by atoms with Gasteiger partial charge in [-0.05, 0) is 37.0 Å². The van der Waals surface area contributed by atoms with Gasteiger partial charge in [-0.1, -0.05) is 39.0 Å². The Morgan fingerprint density at radius 2 is 2.11 bits per heavy atom. The van der Waals surface area contributed by atoms with Crippen LogP contribution in [0, 0.1) is 17.8 Å². The predicted octanol–water partition coefficient (Wildman–Crippen LogP) is 4.37. The van der Waals surface area contributed by atoms with Crippen LogP contribution >= 0.6 is 0 Å². The Balaban J connectivity index is 1.69. The number of carbonyl (C=O) groups excluding carboxylic acids is 1. The van der Waals surface area contributed by atoms with Crippen LogP contribution in [0.15, 0.2) is 0 Å². The predicted molar refractivity (Wildman–Crippen MR) is 78.1 cm³/mol. The van der Waals surface area contributed by atoms with Crippen molar-refractivity contribution >= 4 is 5.78 Å². The number of unbranched alkanes of at least 4 members (excludes halogenated alkanes) is 1. The summed E-state index contributed by atoms with van der Waals surface area (Å²) < 4.78 is 5.43. The number of carbonyl (C=O) groups is 1. The van der Waals surface area contributed by atoms with E-state index >= 15 is 0 Å². The second-order valence-corrected chi connectivity index (χ2v) is 6.61. The molecule has 0 radical (unpaired) electrons. The van der Waals surface area contributed by atoms with E-state index in [4.69, 9.17) is 4.74 Å². The highest BCUT2D eigenvalue weighted by Gasteiger charge is 2.39. The van der Waals surface area contributed by atoms with Gasteiger partial charge in [0, 0.05) is 20.0 Å². The molecule has 0 aromatic heterocycles. The van der Waals surface area contributed by atoms with Gasteiger partial charge in [-0.15, -0.1) is 0 Å². The third kappa shape index (κ3) is 4.05. The molecule has 0 N–H and O–H groups in total. The summed E-state index contributed by atoms with van der Waals surface area (Å²) in [5.74, 6) is 2.86. The zero-order valence-electron chi connectivity index (χ0n) is 12.7. The molecule has 2 rings (SSSR count). The maximum atomic E-state index is 11.6. The fourth-order valence-corrected chi connectivity index (χ4v) is 4.31. The smallest absolute Gasteiger partial charge is 0.133 e. The molecule has 0 aromatic carbocycles. The van der Waals surface area contributed by atoms with Gasteiger partial charge in [0.15, 0.2) is 0 Å². The molecule has 110 valence electrons. The first-order chi connectivity index (χ1) is 9.24. The van der Waals surface area contributed by atoms with Gasteiger partial charge in [-0.25, -0.2) is 0 Å². The summed E-state index contributed by atoms with van der Waals surface area (Å²) in [4.78, 5) is 11.6. The van der Waals surface area contributed by atoms with Crippen LogP contribution in [0.2, 0.25) is 0 Å². The highest BCUT2D eigenvalue weighted by atomic mass is 16.5. The van der Waals surface area contributed by atoms with Crippen LogP contribution in [0.4, 0.5) is 0 Å². The van der Waals surface area contributed by atoms with E-state index in [9.17, 15) is 4.79 Å². The third-order valence-electron chi connectivity index (χ3n) is 5.45. The SMILES string of the molecule is CCC(CCCCC1CCCC2CC(=O)CC12)OC. The van der Waals surface area contributed by atoms with Crippen LogP contribution in [0.3, 0.4) is 0 Å². The summed E-state index contributed by atoms with van der Waals surface area (Å²) in [6.07, 6.45) is 12.6. The second-order valence-electron chi connectivity index (χ2n) is 6.61. The van der Waals surface area contributed by atoms with Crippen molar-refractivity contribution in [2.45, 2.75) is 77.2 Å². The van der Waals surface area contributed by atoms with E-state index in [2.05, 4.69) is 6.92 Å². The molecule has 2 heteroatoms. The molecule has 0 saturated heterocycles. The van der Waals surface area contributed by atoms with E-state index in [-0.39, 0.29) is 0 Å². The van der Waals surface area contributed by atoms with Gasteiger partial charge in [0.25, 0.3) is 0 Å². The molecule has 4 atom stereocenters. The summed E-state index contributed by atoms with van der Waals surface area (Å²) in [5, 5.41) is 0. The number of ketones is 1. The van der Waals surface area contributed by atoms with Gasteiger partial charge in [0.1, 0.15) is 5.78 Å². The number of fused-ring (bicyclic) bond motifs is 1. The third-order valence-corrected chi connectivity index (χ3v) is 5.45. The van der Waals surface area contributed by atoms with Crippen molar-refractivity contribution in [1.29, 1.82) is 0 Å². The first kappa shape index (κ1) is 15.0. The van der Waals surface area contributed by atoms with Crippen LogP contribution in [-0.2, 0) is 9.53 Å². The summed E-state index contributed by atoms with van der Waals surface area (Å²) in [7, 11) is 1.82. The molecule has 2 aliphatic rings. The minimum atomic E-state index is 0.451. The first-order valence-corrected chi connectivity index (χ1v) is 8.29. The maximum absolute atomic E-state index is 11.6. The Bertz CT molecular complexity index is 283. The van der Waals surface area contributed by atoms with Gasteiger partial charge in [-0.2, -0.15) is 0 Å². The fourth-order valence-electron chi connectivity index (χ4n) is 4.31. The van der Waals surface area contributed by atoms with Crippen molar-refractivity contribution in [1.82, 2.24) is 0 Å². The minimum absolute atomic E-state index is 0.451. The summed E-state index contributed by atoms with van der Waals surface area (Å²) in [6, 6.07) is 0. The Labute approximate surface area is 118 Å². The average Bonchev–Trinajstić information content (AvgIpc) is 2.80. The lowest BCUT2D eigenvalue weighted by Gasteiger charge is -2.33. The fraction of sp³-hybridized carbons (Fsp3) is 0.941. The largest absolute Gasteiger partial charge is 0.381 e. The topological polar surface area (TPSA) is 26.3 Å². The molecular formula is C17H30O2. The zero-order chi connectivity index (χ0) is 13.7. The van der Waals surface area contributed by atoms with Crippen molar-refractivity contribution in [2.75, 3.05) is 7.11 Å². The van der Waals surface area contributed by atoms with Crippen LogP contribution in [-0.4, -0.2) is 19.0 Å². The molecule has 0 aromatic rings. The van der Waals surface area contributed by atoms with Gasteiger partial charge in [-0.3, -0.25) is 4.79 Å². The number of ether oxygens (including phenoxy) is 1. The Morgan fingerprint density at radius 3 is 2.84 bits per heavy atom. The Hall–Kier alpha value is -0.370. The van der Waals surface area contributed by atoms with Crippen LogP contribution in [0.5, 0.6) is 0 Å². The number of hydrogen-bond acceptors (Lipinski definition) is 2. The summed E-state index contributed by atoms with van der Waals surface area (Å²) in [5.41, 5.74) is 0. The molecule has 0 heterocycles. The lowest BCUT2D eigenvalue weighted by molar-refractivity contribution is -0.117. The van der Waals surface area contributed by atoms with E-state index in [1.165, 1.54) is 44.9 Å². The van der Waals surface area contributed by atoms with E-state index in [0.29, 0.717) is 11.9 Å². The highest BCUT2D eigenvalue weighted by molar-refractivity contribution is 5.81. The van der Waals surface area contributed by atoms with E-state index in [0.717, 1.165) is 37.0 Å². The standard InChI is InChI=1S/C17H30O2/c1-3-16(19-2)10-5-4-7-13-8-6-9-14-11-15(18)12-17(13)14/h13-14,16-17H,3-12H2,1-2H3. The molecule has 19 heavy (non-hydrogen) atoms. The number of Topliss-reactive ketones (excluding diaryl/α,β-unsaturated/α-hetero) is 1. The second kappa shape index (κ2) is 7.42. The van der Waals surface area contributed by atoms with Crippen LogP contribution in [0.1, 0.15) is 71.1 Å². The molecule has 2 aliphatic carbocycles. The first-order valence-electron chi connectivity index (χ1n) is 8.29. The van der Waals surface area contributed by atoms with Crippen molar-refractivity contribution in [2.24, 2.45) is 17.8 Å².